The van der Waals surface area contributed by atoms with Crippen LogP contribution in [0.3, 0.4) is 0 Å². The fraction of sp³-hybridized carbons (Fsp3) is 0.333. The molecule has 1 aromatic rings. The second kappa shape index (κ2) is 5.51. The van der Waals surface area contributed by atoms with Gasteiger partial charge in [0.15, 0.2) is 0 Å². The molecule has 1 atom stereocenters. The van der Waals surface area contributed by atoms with Gasteiger partial charge in [-0.3, -0.25) is 14.9 Å². The van der Waals surface area contributed by atoms with Crippen LogP contribution < -0.4 is 5.32 Å². The van der Waals surface area contributed by atoms with Gasteiger partial charge in [-0.2, -0.15) is 4.31 Å². The number of piperazine rings is 1. The first-order valence-electron chi connectivity index (χ1n) is 5.97. The van der Waals surface area contributed by atoms with Gasteiger partial charge in [-0.25, -0.2) is 8.42 Å². The number of carbonyl (C=O) groups excluding carboxylic acids is 2. The lowest BCUT2D eigenvalue weighted by Crippen LogP contribution is -2.59. The van der Waals surface area contributed by atoms with E-state index in [0.717, 1.165) is 4.31 Å². The standard InChI is InChI=1S/C12H13ClN2O4S/c1-2-10-12(17)14-11(16)7-15(10)20(18,19)9-5-3-4-8(13)6-9/h3-6,10H,2,7H2,1H3,(H,14,16,17). The fourth-order valence-corrected chi connectivity index (χ4v) is 3.97. The van der Waals surface area contributed by atoms with E-state index in [2.05, 4.69) is 5.32 Å². The van der Waals surface area contributed by atoms with Crippen LogP contribution >= 0.6 is 11.6 Å². The first kappa shape index (κ1) is 15.0. The van der Waals surface area contributed by atoms with Gasteiger partial charge in [-0.05, 0) is 24.6 Å². The molecule has 1 heterocycles. The van der Waals surface area contributed by atoms with Crippen molar-refractivity contribution in [2.45, 2.75) is 24.3 Å². The molecular formula is C12H13ClN2O4S. The van der Waals surface area contributed by atoms with Crippen LogP contribution in [-0.4, -0.2) is 37.1 Å². The molecule has 1 N–H and O–H groups in total. The monoisotopic (exact) mass is 316 g/mol. The molecule has 1 aliphatic heterocycles. The summed E-state index contributed by atoms with van der Waals surface area (Å²) in [5, 5.41) is 2.41. The van der Waals surface area contributed by atoms with E-state index in [0.29, 0.717) is 0 Å². The number of imide groups is 1. The highest BCUT2D eigenvalue weighted by molar-refractivity contribution is 7.89. The molecule has 2 rings (SSSR count). The zero-order valence-corrected chi connectivity index (χ0v) is 12.2. The molecule has 0 aliphatic carbocycles. The minimum Gasteiger partial charge on any atom is -0.294 e. The second-order valence-electron chi connectivity index (χ2n) is 4.34. The number of rotatable bonds is 3. The SMILES string of the molecule is CCC1C(=O)NC(=O)CN1S(=O)(=O)c1cccc(Cl)c1. The summed E-state index contributed by atoms with van der Waals surface area (Å²) in [7, 11) is -3.94. The normalized spacial score (nSPS) is 20.8. The predicted octanol–water partition coefficient (Wildman–Crippen LogP) is 0.766. The molecule has 1 saturated heterocycles. The van der Waals surface area contributed by atoms with Gasteiger partial charge in [-0.15, -0.1) is 0 Å². The number of benzene rings is 1. The van der Waals surface area contributed by atoms with E-state index in [1.807, 2.05) is 0 Å². The molecule has 20 heavy (non-hydrogen) atoms. The zero-order valence-electron chi connectivity index (χ0n) is 10.7. The summed E-state index contributed by atoms with van der Waals surface area (Å²) >= 11 is 5.79. The van der Waals surface area contributed by atoms with Gasteiger partial charge in [0.1, 0.15) is 6.04 Å². The smallest absolute Gasteiger partial charge is 0.245 e. The lowest BCUT2D eigenvalue weighted by Gasteiger charge is -2.32. The number of sulfonamides is 1. The van der Waals surface area contributed by atoms with Crippen molar-refractivity contribution in [2.75, 3.05) is 6.54 Å². The Bertz CT molecular complexity index is 659. The average molecular weight is 317 g/mol. The van der Waals surface area contributed by atoms with E-state index in [-0.39, 0.29) is 22.9 Å². The van der Waals surface area contributed by atoms with Crippen LogP contribution in [0.25, 0.3) is 0 Å². The van der Waals surface area contributed by atoms with Crippen molar-refractivity contribution >= 4 is 33.4 Å². The van der Waals surface area contributed by atoms with Crippen LogP contribution in [0.2, 0.25) is 5.02 Å². The Morgan fingerprint density at radius 1 is 1.40 bits per heavy atom. The van der Waals surface area contributed by atoms with Gasteiger partial charge in [0, 0.05) is 5.02 Å². The highest BCUT2D eigenvalue weighted by Gasteiger charge is 2.40. The van der Waals surface area contributed by atoms with E-state index < -0.39 is 27.9 Å². The van der Waals surface area contributed by atoms with E-state index in [1.165, 1.54) is 18.2 Å². The van der Waals surface area contributed by atoms with Crippen LogP contribution in [0, 0.1) is 0 Å². The molecule has 1 fully saturated rings. The summed E-state index contributed by atoms with van der Waals surface area (Å²) in [6, 6.07) is 4.83. The Morgan fingerprint density at radius 3 is 2.70 bits per heavy atom. The molecule has 1 unspecified atom stereocenters. The molecule has 0 spiro atoms. The average Bonchev–Trinajstić information content (AvgIpc) is 2.38. The molecule has 0 aromatic heterocycles. The minimum absolute atomic E-state index is 0.0362. The van der Waals surface area contributed by atoms with Crippen LogP contribution in [0.4, 0.5) is 0 Å². The molecule has 0 radical (unpaired) electrons. The lowest BCUT2D eigenvalue weighted by molar-refractivity contribution is -0.137. The number of nitrogens with one attached hydrogen (secondary N) is 1. The first-order valence-corrected chi connectivity index (χ1v) is 7.79. The molecule has 0 saturated carbocycles. The predicted molar refractivity (Wildman–Crippen MR) is 72.6 cm³/mol. The highest BCUT2D eigenvalue weighted by Crippen LogP contribution is 2.23. The van der Waals surface area contributed by atoms with Gasteiger partial charge in [0.2, 0.25) is 21.8 Å². The first-order chi connectivity index (χ1) is 9.36. The van der Waals surface area contributed by atoms with Crippen molar-refractivity contribution in [3.63, 3.8) is 0 Å². The quantitative estimate of drug-likeness (QED) is 0.835. The van der Waals surface area contributed by atoms with Crippen molar-refractivity contribution in [2.24, 2.45) is 0 Å². The van der Waals surface area contributed by atoms with Gasteiger partial charge >= 0.3 is 0 Å². The third-order valence-corrected chi connectivity index (χ3v) is 5.09. The van der Waals surface area contributed by atoms with Crippen LogP contribution in [0.15, 0.2) is 29.2 Å². The number of hydrogen-bond donors (Lipinski definition) is 1. The topological polar surface area (TPSA) is 83.6 Å². The largest absolute Gasteiger partial charge is 0.294 e. The number of halogens is 1. The summed E-state index contributed by atoms with van der Waals surface area (Å²) in [4.78, 5) is 23.1. The molecule has 108 valence electrons. The Hall–Kier alpha value is -1.44. The second-order valence-corrected chi connectivity index (χ2v) is 6.67. The summed E-state index contributed by atoms with van der Waals surface area (Å²) in [5.74, 6) is -1.24. The van der Waals surface area contributed by atoms with Crippen LogP contribution in [0.5, 0.6) is 0 Å². The van der Waals surface area contributed by atoms with Gasteiger partial charge in [-0.1, -0.05) is 24.6 Å². The molecular weight excluding hydrogens is 304 g/mol. The molecule has 8 heteroatoms. The summed E-state index contributed by atoms with van der Waals surface area (Å²) < 4.78 is 26.0. The molecule has 1 aliphatic rings. The zero-order chi connectivity index (χ0) is 14.9. The summed E-state index contributed by atoms with van der Waals surface area (Å²) in [5.41, 5.74) is 0. The van der Waals surface area contributed by atoms with Crippen molar-refractivity contribution in [3.8, 4) is 0 Å². The third-order valence-electron chi connectivity index (χ3n) is 3.00. The number of nitrogens with zero attached hydrogens (tertiary/aromatic N) is 1. The molecule has 6 nitrogen and oxygen atoms in total. The van der Waals surface area contributed by atoms with E-state index in [4.69, 9.17) is 11.6 Å². The van der Waals surface area contributed by atoms with E-state index in [9.17, 15) is 18.0 Å². The fourth-order valence-electron chi connectivity index (χ4n) is 2.05. The minimum atomic E-state index is -3.94. The van der Waals surface area contributed by atoms with Crippen LogP contribution in [0.1, 0.15) is 13.3 Å². The van der Waals surface area contributed by atoms with Gasteiger partial charge in [0.25, 0.3) is 0 Å². The molecule has 2 amide bonds. The van der Waals surface area contributed by atoms with Crippen molar-refractivity contribution in [3.05, 3.63) is 29.3 Å². The highest BCUT2D eigenvalue weighted by atomic mass is 35.5. The Morgan fingerprint density at radius 2 is 2.10 bits per heavy atom. The summed E-state index contributed by atoms with van der Waals surface area (Å²) in [6.45, 7) is 1.31. The van der Waals surface area contributed by atoms with Crippen molar-refractivity contribution in [1.29, 1.82) is 0 Å². The van der Waals surface area contributed by atoms with Crippen molar-refractivity contribution < 1.29 is 18.0 Å². The number of carbonyl (C=O) groups is 2. The Labute approximate surface area is 121 Å². The van der Waals surface area contributed by atoms with E-state index >= 15 is 0 Å². The Balaban J connectivity index is 2.46. The third kappa shape index (κ3) is 2.70. The van der Waals surface area contributed by atoms with E-state index in [1.54, 1.807) is 13.0 Å². The number of hydrogen-bond acceptors (Lipinski definition) is 4. The maximum atomic E-state index is 12.5. The summed E-state index contributed by atoms with van der Waals surface area (Å²) in [6.07, 6.45) is 0.277. The van der Waals surface area contributed by atoms with Gasteiger partial charge in [0.05, 0.1) is 11.4 Å². The van der Waals surface area contributed by atoms with Gasteiger partial charge < -0.3 is 0 Å². The maximum absolute atomic E-state index is 12.5. The number of amides is 2. The molecule has 1 aromatic carbocycles. The molecule has 0 bridgehead atoms. The van der Waals surface area contributed by atoms with Crippen LogP contribution in [-0.2, 0) is 19.6 Å². The maximum Gasteiger partial charge on any atom is 0.245 e. The van der Waals surface area contributed by atoms with Crippen molar-refractivity contribution in [1.82, 2.24) is 9.62 Å². The Kier molecular flexibility index (Phi) is 4.12. The lowest BCUT2D eigenvalue weighted by atomic mass is 10.2.